The van der Waals surface area contributed by atoms with E-state index in [1.54, 1.807) is 0 Å². The maximum absolute atomic E-state index is 9.78. The molecule has 2 aliphatic rings. The minimum atomic E-state index is -0.569. The van der Waals surface area contributed by atoms with Crippen LogP contribution in [-0.2, 0) is 0 Å². The first-order valence-electron chi connectivity index (χ1n) is 4.94. The van der Waals surface area contributed by atoms with E-state index in [2.05, 4.69) is 0 Å². The molecule has 0 aromatic rings. The number of rotatable bonds is 1. The van der Waals surface area contributed by atoms with E-state index in [1.807, 2.05) is 13.8 Å². The monoisotopic (exact) mass is 169 g/mol. The molecule has 0 aromatic carbocycles. The minimum Gasteiger partial charge on any atom is -0.390 e. The maximum atomic E-state index is 9.78. The molecule has 0 bridgehead atoms. The summed E-state index contributed by atoms with van der Waals surface area (Å²) in [5, 5.41) is 9.78. The lowest BCUT2D eigenvalue weighted by Crippen LogP contribution is -2.66. The topological polar surface area (TPSA) is 46.2 Å². The lowest BCUT2D eigenvalue weighted by atomic mass is 9.46. The van der Waals surface area contributed by atoms with Gasteiger partial charge in [0.15, 0.2) is 0 Å². The van der Waals surface area contributed by atoms with Gasteiger partial charge in [0.05, 0.1) is 5.60 Å². The summed E-state index contributed by atoms with van der Waals surface area (Å²) in [5.74, 6) is 0.331. The molecular formula is C10H19NO. The summed E-state index contributed by atoms with van der Waals surface area (Å²) >= 11 is 0. The van der Waals surface area contributed by atoms with Crippen LogP contribution >= 0.6 is 0 Å². The van der Waals surface area contributed by atoms with Crippen LogP contribution in [0.4, 0.5) is 0 Å². The molecule has 2 heteroatoms. The lowest BCUT2D eigenvalue weighted by molar-refractivity contribution is -0.137. The first kappa shape index (κ1) is 8.52. The van der Waals surface area contributed by atoms with Crippen molar-refractivity contribution in [1.82, 2.24) is 0 Å². The van der Waals surface area contributed by atoms with Crippen LogP contribution in [0.2, 0.25) is 0 Å². The number of aliphatic hydroxyl groups is 1. The van der Waals surface area contributed by atoms with E-state index in [1.165, 1.54) is 19.3 Å². The highest BCUT2D eigenvalue weighted by molar-refractivity contribution is 5.12. The second-order valence-corrected chi connectivity index (χ2v) is 5.21. The van der Waals surface area contributed by atoms with Gasteiger partial charge in [0.2, 0.25) is 0 Å². The van der Waals surface area contributed by atoms with Crippen LogP contribution in [0.15, 0.2) is 0 Å². The normalized spacial score (nSPS) is 39.0. The Balaban J connectivity index is 2.00. The zero-order valence-electron chi connectivity index (χ0n) is 8.01. The van der Waals surface area contributed by atoms with Gasteiger partial charge in [0.25, 0.3) is 0 Å². The molecule has 70 valence electrons. The van der Waals surface area contributed by atoms with E-state index < -0.39 is 5.60 Å². The molecule has 2 fully saturated rings. The smallest absolute Gasteiger partial charge is 0.0634 e. The summed E-state index contributed by atoms with van der Waals surface area (Å²) in [7, 11) is 0. The molecule has 0 saturated heterocycles. The molecule has 3 N–H and O–H groups in total. The molecule has 2 aliphatic carbocycles. The summed E-state index contributed by atoms with van der Waals surface area (Å²) in [6.07, 6.45) is 5.07. The zero-order valence-corrected chi connectivity index (χ0v) is 8.01. The maximum Gasteiger partial charge on any atom is 0.0634 e. The molecule has 2 unspecified atom stereocenters. The predicted molar refractivity (Wildman–Crippen MR) is 48.7 cm³/mol. The highest BCUT2D eigenvalue weighted by Gasteiger charge is 2.58. The highest BCUT2D eigenvalue weighted by atomic mass is 16.3. The second-order valence-electron chi connectivity index (χ2n) is 5.21. The fraction of sp³-hybridized carbons (Fsp3) is 1.00. The van der Waals surface area contributed by atoms with Gasteiger partial charge in [-0.1, -0.05) is 6.42 Å². The first-order chi connectivity index (χ1) is 5.46. The van der Waals surface area contributed by atoms with Gasteiger partial charge in [0.1, 0.15) is 0 Å². The SMILES string of the molecule is CC(C)(O)C1CC2(CCC2)C1N. The van der Waals surface area contributed by atoms with Gasteiger partial charge in [-0.05, 0) is 38.5 Å². The Morgan fingerprint density at radius 1 is 1.42 bits per heavy atom. The van der Waals surface area contributed by atoms with Gasteiger partial charge in [-0.25, -0.2) is 0 Å². The molecule has 0 radical (unpaired) electrons. The Morgan fingerprint density at radius 3 is 2.25 bits per heavy atom. The molecule has 2 nitrogen and oxygen atoms in total. The quantitative estimate of drug-likeness (QED) is 0.621. The Labute approximate surface area is 74.1 Å². The molecule has 0 amide bonds. The standard InChI is InChI=1S/C10H19NO/c1-9(2,12)7-6-10(8(7)11)4-3-5-10/h7-8,12H,3-6,11H2,1-2H3. The Kier molecular flexibility index (Phi) is 1.59. The van der Waals surface area contributed by atoms with E-state index in [0.717, 1.165) is 6.42 Å². The van der Waals surface area contributed by atoms with E-state index in [9.17, 15) is 5.11 Å². The van der Waals surface area contributed by atoms with E-state index >= 15 is 0 Å². The summed E-state index contributed by atoms with van der Waals surface area (Å²) in [5.41, 5.74) is 5.97. The van der Waals surface area contributed by atoms with Crippen molar-refractivity contribution in [2.75, 3.05) is 0 Å². The van der Waals surface area contributed by atoms with Crippen molar-refractivity contribution in [2.45, 2.75) is 51.2 Å². The van der Waals surface area contributed by atoms with Crippen molar-refractivity contribution in [2.24, 2.45) is 17.1 Å². The number of nitrogens with two attached hydrogens (primary N) is 1. The van der Waals surface area contributed by atoms with E-state index in [4.69, 9.17) is 5.73 Å². The summed E-state index contributed by atoms with van der Waals surface area (Å²) in [6, 6.07) is 0.256. The zero-order chi connectivity index (χ0) is 8.98. The van der Waals surface area contributed by atoms with Gasteiger partial charge in [-0.2, -0.15) is 0 Å². The minimum absolute atomic E-state index is 0.256. The molecular weight excluding hydrogens is 150 g/mol. The molecule has 0 aromatic heterocycles. The van der Waals surface area contributed by atoms with Crippen molar-refractivity contribution in [3.8, 4) is 0 Å². The second kappa shape index (κ2) is 2.24. The van der Waals surface area contributed by atoms with Crippen molar-refractivity contribution in [3.05, 3.63) is 0 Å². The van der Waals surface area contributed by atoms with Gasteiger partial charge >= 0.3 is 0 Å². The van der Waals surface area contributed by atoms with Crippen molar-refractivity contribution in [1.29, 1.82) is 0 Å². The summed E-state index contributed by atoms with van der Waals surface area (Å²) < 4.78 is 0. The molecule has 12 heavy (non-hydrogen) atoms. The fourth-order valence-corrected chi connectivity index (χ4v) is 2.82. The third-order valence-electron chi connectivity index (χ3n) is 4.02. The Bertz CT molecular complexity index is 191. The third-order valence-corrected chi connectivity index (χ3v) is 4.02. The summed E-state index contributed by atoms with van der Waals surface area (Å²) in [6.45, 7) is 3.76. The van der Waals surface area contributed by atoms with Crippen LogP contribution in [0.25, 0.3) is 0 Å². The third kappa shape index (κ3) is 0.944. The first-order valence-corrected chi connectivity index (χ1v) is 4.94. The molecule has 2 atom stereocenters. The molecule has 1 spiro atoms. The summed E-state index contributed by atoms with van der Waals surface area (Å²) in [4.78, 5) is 0. The highest BCUT2D eigenvalue weighted by Crippen LogP contribution is 2.60. The number of hydrogen-bond acceptors (Lipinski definition) is 2. The van der Waals surface area contributed by atoms with Gasteiger partial charge in [-0.15, -0.1) is 0 Å². The van der Waals surface area contributed by atoms with E-state index in [0.29, 0.717) is 11.3 Å². The fourth-order valence-electron chi connectivity index (χ4n) is 2.82. The van der Waals surface area contributed by atoms with Crippen LogP contribution in [-0.4, -0.2) is 16.7 Å². The van der Waals surface area contributed by atoms with Crippen LogP contribution in [0, 0.1) is 11.3 Å². The number of hydrogen-bond donors (Lipinski definition) is 2. The molecule has 2 rings (SSSR count). The van der Waals surface area contributed by atoms with Crippen LogP contribution in [0.1, 0.15) is 39.5 Å². The Hall–Kier alpha value is -0.0800. The van der Waals surface area contributed by atoms with Gasteiger partial charge < -0.3 is 10.8 Å². The van der Waals surface area contributed by atoms with Gasteiger partial charge in [-0.3, -0.25) is 0 Å². The van der Waals surface area contributed by atoms with Gasteiger partial charge in [0, 0.05) is 12.0 Å². The van der Waals surface area contributed by atoms with Crippen LogP contribution in [0.5, 0.6) is 0 Å². The molecule has 0 aliphatic heterocycles. The van der Waals surface area contributed by atoms with Crippen molar-refractivity contribution < 1.29 is 5.11 Å². The average Bonchev–Trinajstić information content (AvgIpc) is 1.78. The lowest BCUT2D eigenvalue weighted by Gasteiger charge is -2.62. The van der Waals surface area contributed by atoms with Crippen molar-refractivity contribution >= 4 is 0 Å². The van der Waals surface area contributed by atoms with Crippen LogP contribution in [0.3, 0.4) is 0 Å². The largest absolute Gasteiger partial charge is 0.390 e. The predicted octanol–water partition coefficient (Wildman–Crippen LogP) is 1.27. The van der Waals surface area contributed by atoms with E-state index in [-0.39, 0.29) is 6.04 Å². The van der Waals surface area contributed by atoms with Crippen LogP contribution < -0.4 is 5.73 Å². The molecule has 0 heterocycles. The average molecular weight is 169 g/mol. The van der Waals surface area contributed by atoms with Crippen molar-refractivity contribution in [3.63, 3.8) is 0 Å². The Morgan fingerprint density at radius 2 is 2.00 bits per heavy atom. The molecule has 2 saturated carbocycles.